The summed E-state index contributed by atoms with van der Waals surface area (Å²) >= 11 is 0. The fourth-order valence-corrected chi connectivity index (χ4v) is 1.60. The molecular formula is C13H15N3O. The third-order valence-corrected chi connectivity index (χ3v) is 2.71. The Labute approximate surface area is 100 Å². The first-order chi connectivity index (χ1) is 8.08. The van der Waals surface area contributed by atoms with Crippen LogP contribution in [0.25, 0.3) is 0 Å². The van der Waals surface area contributed by atoms with Crippen molar-refractivity contribution in [2.75, 3.05) is 5.73 Å². The molecule has 0 fully saturated rings. The molecule has 0 spiro atoms. The maximum absolute atomic E-state index is 5.75. The normalized spacial score (nSPS) is 10.3. The Balaban J connectivity index is 2.39. The molecule has 0 aliphatic heterocycles. The molecule has 0 radical (unpaired) electrons. The van der Waals surface area contributed by atoms with Gasteiger partial charge in [0.1, 0.15) is 11.6 Å². The Morgan fingerprint density at radius 2 is 1.76 bits per heavy atom. The maximum Gasteiger partial charge on any atom is 0.239 e. The van der Waals surface area contributed by atoms with Crippen LogP contribution in [0.5, 0.6) is 11.6 Å². The number of anilines is 1. The summed E-state index contributed by atoms with van der Waals surface area (Å²) in [7, 11) is 0. The predicted octanol–water partition coefficient (Wildman–Crippen LogP) is 2.78. The molecule has 1 aromatic heterocycles. The van der Waals surface area contributed by atoms with Crippen molar-refractivity contribution in [1.29, 1.82) is 0 Å². The molecule has 4 nitrogen and oxygen atoms in total. The van der Waals surface area contributed by atoms with Gasteiger partial charge in [-0.15, -0.1) is 0 Å². The number of benzene rings is 1. The highest BCUT2D eigenvalue weighted by Crippen LogP contribution is 2.29. The summed E-state index contributed by atoms with van der Waals surface area (Å²) < 4.78 is 5.75. The Morgan fingerprint density at radius 1 is 1.06 bits per heavy atom. The molecule has 0 saturated carbocycles. The summed E-state index contributed by atoms with van der Waals surface area (Å²) in [4.78, 5) is 8.02. The number of hydrogen-bond acceptors (Lipinski definition) is 4. The number of hydrogen-bond donors (Lipinski definition) is 1. The van der Waals surface area contributed by atoms with Gasteiger partial charge in [-0.2, -0.15) is 4.98 Å². The molecule has 1 heterocycles. The lowest BCUT2D eigenvalue weighted by Gasteiger charge is -2.12. The Hall–Kier alpha value is -2.10. The number of nitrogens with two attached hydrogens (primary N) is 1. The molecule has 2 N–H and O–H groups in total. The highest BCUT2D eigenvalue weighted by molar-refractivity contribution is 5.46. The summed E-state index contributed by atoms with van der Waals surface area (Å²) in [5.74, 6) is 1.59. The fraction of sp³-hybridized carbons (Fsp3) is 0.231. The first kappa shape index (κ1) is 11.4. The molecule has 0 unspecified atom stereocenters. The fourth-order valence-electron chi connectivity index (χ4n) is 1.60. The van der Waals surface area contributed by atoms with Crippen LogP contribution >= 0.6 is 0 Å². The minimum absolute atomic E-state index is 0.352. The van der Waals surface area contributed by atoms with Crippen molar-refractivity contribution < 1.29 is 4.74 Å². The van der Waals surface area contributed by atoms with E-state index < -0.39 is 0 Å². The number of nitrogen functional groups attached to an aromatic ring is 1. The Kier molecular flexibility index (Phi) is 2.95. The van der Waals surface area contributed by atoms with Crippen LogP contribution in [-0.4, -0.2) is 9.97 Å². The number of aromatic nitrogens is 2. The number of aryl methyl sites for hydroxylation is 2. The van der Waals surface area contributed by atoms with Crippen molar-refractivity contribution in [2.45, 2.75) is 20.8 Å². The van der Waals surface area contributed by atoms with Gasteiger partial charge in [0.25, 0.3) is 0 Å². The molecule has 0 atom stereocenters. The van der Waals surface area contributed by atoms with Crippen molar-refractivity contribution in [3.63, 3.8) is 0 Å². The zero-order valence-corrected chi connectivity index (χ0v) is 10.2. The molecule has 4 heteroatoms. The summed E-state index contributed by atoms with van der Waals surface area (Å²) in [6.07, 6.45) is 3.04. The van der Waals surface area contributed by atoms with Crippen LogP contribution < -0.4 is 10.5 Å². The minimum Gasteiger partial charge on any atom is -0.437 e. The highest BCUT2D eigenvalue weighted by atomic mass is 16.5. The zero-order chi connectivity index (χ0) is 12.4. The van der Waals surface area contributed by atoms with E-state index in [1.807, 2.05) is 26.8 Å². The average molecular weight is 229 g/mol. The lowest BCUT2D eigenvalue weighted by Crippen LogP contribution is -1.98. The van der Waals surface area contributed by atoms with E-state index in [1.54, 1.807) is 6.20 Å². The molecule has 2 rings (SSSR count). The predicted molar refractivity (Wildman–Crippen MR) is 67.2 cm³/mol. The topological polar surface area (TPSA) is 61.0 Å². The van der Waals surface area contributed by atoms with Gasteiger partial charge in [0.15, 0.2) is 0 Å². The van der Waals surface area contributed by atoms with Crippen LogP contribution in [-0.2, 0) is 0 Å². The largest absolute Gasteiger partial charge is 0.437 e. The quantitative estimate of drug-likeness (QED) is 0.860. The van der Waals surface area contributed by atoms with Crippen molar-refractivity contribution in [1.82, 2.24) is 9.97 Å². The molecule has 0 bridgehead atoms. The van der Waals surface area contributed by atoms with Gasteiger partial charge in [-0.25, -0.2) is 0 Å². The Morgan fingerprint density at radius 3 is 2.47 bits per heavy atom. The third kappa shape index (κ3) is 2.36. The van der Waals surface area contributed by atoms with Crippen LogP contribution in [0, 0.1) is 20.8 Å². The van der Waals surface area contributed by atoms with E-state index in [0.717, 1.165) is 16.9 Å². The third-order valence-electron chi connectivity index (χ3n) is 2.71. The van der Waals surface area contributed by atoms with Gasteiger partial charge in [-0.3, -0.25) is 4.98 Å². The second-order valence-electron chi connectivity index (χ2n) is 4.04. The van der Waals surface area contributed by atoms with Gasteiger partial charge in [0.05, 0.1) is 12.4 Å². The van der Waals surface area contributed by atoms with E-state index in [-0.39, 0.29) is 0 Å². The van der Waals surface area contributed by atoms with Gasteiger partial charge in [-0.05, 0) is 37.5 Å². The molecule has 0 amide bonds. The molecule has 0 aliphatic rings. The van der Waals surface area contributed by atoms with Gasteiger partial charge in [0.2, 0.25) is 5.88 Å². The monoisotopic (exact) mass is 229 g/mol. The molecule has 0 aliphatic carbocycles. The van der Waals surface area contributed by atoms with Crippen molar-refractivity contribution in [3.8, 4) is 11.6 Å². The first-order valence-electron chi connectivity index (χ1n) is 5.40. The molecule has 2 aromatic rings. The van der Waals surface area contributed by atoms with Crippen LogP contribution in [0.15, 0.2) is 24.5 Å². The second kappa shape index (κ2) is 4.41. The highest BCUT2D eigenvalue weighted by Gasteiger charge is 2.08. The van der Waals surface area contributed by atoms with E-state index in [1.165, 1.54) is 11.8 Å². The van der Waals surface area contributed by atoms with Gasteiger partial charge in [-0.1, -0.05) is 12.1 Å². The van der Waals surface area contributed by atoms with Crippen LogP contribution in [0.3, 0.4) is 0 Å². The molecule has 0 saturated heterocycles. The summed E-state index contributed by atoms with van der Waals surface area (Å²) in [5, 5.41) is 0. The van der Waals surface area contributed by atoms with Gasteiger partial charge in [0, 0.05) is 0 Å². The lowest BCUT2D eigenvalue weighted by atomic mass is 10.1. The van der Waals surface area contributed by atoms with Crippen LogP contribution in [0.1, 0.15) is 16.7 Å². The summed E-state index contributed by atoms with van der Waals surface area (Å²) in [5.41, 5.74) is 8.92. The van der Waals surface area contributed by atoms with Crippen molar-refractivity contribution in [3.05, 3.63) is 41.2 Å². The van der Waals surface area contributed by atoms with Crippen molar-refractivity contribution >= 4 is 5.82 Å². The smallest absolute Gasteiger partial charge is 0.239 e. The van der Waals surface area contributed by atoms with Crippen LogP contribution in [0.4, 0.5) is 5.82 Å². The van der Waals surface area contributed by atoms with E-state index in [4.69, 9.17) is 10.5 Å². The molecular weight excluding hydrogens is 214 g/mol. The van der Waals surface area contributed by atoms with E-state index >= 15 is 0 Å². The molecule has 1 aromatic carbocycles. The van der Waals surface area contributed by atoms with Gasteiger partial charge >= 0.3 is 0 Å². The number of rotatable bonds is 2. The standard InChI is InChI=1S/C13H15N3O/c1-8-4-5-9(2)13(10(8)3)17-12-7-15-6-11(14)16-12/h4-7H,1-3H3,(H2,14,16). The van der Waals surface area contributed by atoms with Crippen molar-refractivity contribution in [2.24, 2.45) is 0 Å². The summed E-state index contributed by atoms with van der Waals surface area (Å²) in [6.45, 7) is 6.07. The maximum atomic E-state index is 5.75. The lowest BCUT2D eigenvalue weighted by molar-refractivity contribution is 0.454. The first-order valence-corrected chi connectivity index (χ1v) is 5.40. The Bertz CT molecular complexity index is 552. The van der Waals surface area contributed by atoms with E-state index in [2.05, 4.69) is 16.0 Å². The molecule has 88 valence electrons. The van der Waals surface area contributed by atoms with E-state index in [0.29, 0.717) is 11.7 Å². The minimum atomic E-state index is 0.352. The average Bonchev–Trinajstić information content (AvgIpc) is 2.30. The summed E-state index contributed by atoms with van der Waals surface area (Å²) in [6, 6.07) is 4.10. The van der Waals surface area contributed by atoms with Gasteiger partial charge < -0.3 is 10.5 Å². The second-order valence-corrected chi connectivity index (χ2v) is 4.04. The molecule has 17 heavy (non-hydrogen) atoms. The SMILES string of the molecule is Cc1ccc(C)c(Oc2cncc(N)n2)c1C. The van der Waals surface area contributed by atoms with Crippen LogP contribution in [0.2, 0.25) is 0 Å². The van der Waals surface area contributed by atoms with E-state index in [9.17, 15) is 0 Å². The number of nitrogens with zero attached hydrogens (tertiary/aromatic N) is 2. The zero-order valence-electron chi connectivity index (χ0n) is 10.2. The number of ether oxygens (including phenoxy) is 1.